The molecule has 0 aliphatic carbocycles. The molecule has 2 heteroatoms. The summed E-state index contributed by atoms with van der Waals surface area (Å²) in [5.74, 6) is 0.707. The molecule has 0 unspecified atom stereocenters. The number of rotatable bonds is 4. The van der Waals surface area contributed by atoms with Gasteiger partial charge in [-0.05, 0) is 51.0 Å². The maximum Gasteiger partial charge on any atom is 0.173 e. The van der Waals surface area contributed by atoms with Gasteiger partial charge in [0.1, 0.15) is 0 Å². The molecule has 1 nitrogen and oxygen atoms in total. The first-order valence-corrected chi connectivity index (χ1v) is 7.76. The van der Waals surface area contributed by atoms with Crippen LogP contribution in [-0.2, 0) is 0 Å². The van der Waals surface area contributed by atoms with Crippen molar-refractivity contribution < 1.29 is 4.79 Å². The smallest absolute Gasteiger partial charge is 0.173 e. The van der Waals surface area contributed by atoms with Crippen molar-refractivity contribution in [3.05, 3.63) is 64.2 Å². The third kappa shape index (κ3) is 3.51. The van der Waals surface area contributed by atoms with Crippen molar-refractivity contribution in [1.82, 2.24) is 0 Å². The van der Waals surface area contributed by atoms with Crippen molar-refractivity contribution in [2.45, 2.75) is 32.6 Å². The van der Waals surface area contributed by atoms with Crippen LogP contribution in [0.3, 0.4) is 0 Å². The molecule has 0 radical (unpaired) electrons. The van der Waals surface area contributed by atoms with E-state index in [1.54, 1.807) is 11.8 Å². The van der Waals surface area contributed by atoms with Gasteiger partial charge in [-0.1, -0.05) is 35.4 Å². The van der Waals surface area contributed by atoms with Crippen molar-refractivity contribution in [1.29, 1.82) is 0 Å². The Hall–Kier alpha value is -1.54. The number of ketones is 1. The molecule has 0 aliphatic rings. The van der Waals surface area contributed by atoms with E-state index in [0.29, 0.717) is 5.75 Å². The maximum atomic E-state index is 12.4. The molecular formula is C18H20OS. The molecule has 0 saturated carbocycles. The zero-order chi connectivity index (χ0) is 14.7. The zero-order valence-corrected chi connectivity index (χ0v) is 13.3. The van der Waals surface area contributed by atoms with Gasteiger partial charge in [-0.15, -0.1) is 11.8 Å². The van der Waals surface area contributed by atoms with Crippen LogP contribution < -0.4 is 0 Å². The second kappa shape index (κ2) is 6.27. The predicted octanol–water partition coefficient (Wildman–Crippen LogP) is 4.90. The van der Waals surface area contributed by atoms with E-state index in [0.717, 1.165) is 21.6 Å². The van der Waals surface area contributed by atoms with Gasteiger partial charge in [-0.25, -0.2) is 0 Å². The second-order valence-electron chi connectivity index (χ2n) is 5.30. The molecule has 2 aromatic carbocycles. The first-order chi connectivity index (χ1) is 9.47. The summed E-state index contributed by atoms with van der Waals surface area (Å²) in [5, 5.41) is 0. The van der Waals surface area contributed by atoms with Gasteiger partial charge >= 0.3 is 0 Å². The molecule has 0 amide bonds. The topological polar surface area (TPSA) is 17.1 Å². The molecule has 0 bridgehead atoms. The summed E-state index contributed by atoms with van der Waals surface area (Å²) >= 11 is 1.60. The summed E-state index contributed by atoms with van der Waals surface area (Å²) < 4.78 is 0. The molecule has 0 fully saturated rings. The van der Waals surface area contributed by atoms with E-state index in [9.17, 15) is 4.79 Å². The standard InChI is InChI=1S/C18H20OS/c1-12-5-7-16(8-6-12)20-11-17(19)18-14(3)9-13(2)10-15(18)4/h5-10H,11H2,1-4H3. The average molecular weight is 284 g/mol. The molecule has 2 rings (SSSR count). The number of thioether (sulfide) groups is 1. The lowest BCUT2D eigenvalue weighted by Gasteiger charge is -2.10. The van der Waals surface area contributed by atoms with Gasteiger partial charge in [0.2, 0.25) is 0 Å². The van der Waals surface area contributed by atoms with Crippen LogP contribution in [0, 0.1) is 27.7 Å². The lowest BCUT2D eigenvalue weighted by atomic mass is 9.97. The summed E-state index contributed by atoms with van der Waals surface area (Å²) in [4.78, 5) is 13.6. The molecule has 0 aliphatic heterocycles. The highest BCUT2D eigenvalue weighted by molar-refractivity contribution is 8.00. The van der Waals surface area contributed by atoms with Gasteiger partial charge in [-0.3, -0.25) is 4.79 Å². The van der Waals surface area contributed by atoms with Crippen LogP contribution in [0.25, 0.3) is 0 Å². The highest BCUT2D eigenvalue weighted by atomic mass is 32.2. The van der Waals surface area contributed by atoms with Crippen molar-refractivity contribution in [3.63, 3.8) is 0 Å². The normalized spacial score (nSPS) is 10.6. The fraction of sp³-hybridized carbons (Fsp3) is 0.278. The van der Waals surface area contributed by atoms with Gasteiger partial charge in [0.25, 0.3) is 0 Å². The number of hydrogen-bond donors (Lipinski definition) is 0. The molecule has 2 aromatic rings. The Balaban J connectivity index is 2.11. The van der Waals surface area contributed by atoms with E-state index in [2.05, 4.69) is 50.2 Å². The third-order valence-corrected chi connectivity index (χ3v) is 4.36. The van der Waals surface area contributed by atoms with Crippen LogP contribution in [-0.4, -0.2) is 11.5 Å². The SMILES string of the molecule is Cc1ccc(SCC(=O)c2c(C)cc(C)cc2C)cc1. The van der Waals surface area contributed by atoms with E-state index >= 15 is 0 Å². The fourth-order valence-electron chi connectivity index (χ4n) is 2.48. The minimum atomic E-state index is 0.213. The molecule has 0 aromatic heterocycles. The Labute approximate surface area is 125 Å². The Bertz CT molecular complexity index is 603. The number of benzene rings is 2. The van der Waals surface area contributed by atoms with E-state index < -0.39 is 0 Å². The zero-order valence-electron chi connectivity index (χ0n) is 12.5. The molecule has 0 N–H and O–H groups in total. The Morgan fingerprint density at radius 3 is 2.00 bits per heavy atom. The first kappa shape index (κ1) is 14.9. The Morgan fingerprint density at radius 1 is 0.900 bits per heavy atom. The van der Waals surface area contributed by atoms with Gasteiger partial charge in [0, 0.05) is 10.5 Å². The van der Waals surface area contributed by atoms with Crippen LogP contribution in [0.1, 0.15) is 32.6 Å². The van der Waals surface area contributed by atoms with Crippen LogP contribution >= 0.6 is 11.8 Å². The number of carbonyl (C=O) groups is 1. The minimum Gasteiger partial charge on any atom is -0.293 e. The Kier molecular flexibility index (Phi) is 4.66. The molecule has 20 heavy (non-hydrogen) atoms. The molecule has 104 valence electrons. The van der Waals surface area contributed by atoms with Crippen molar-refractivity contribution in [2.75, 3.05) is 5.75 Å². The quantitative estimate of drug-likeness (QED) is 0.587. The van der Waals surface area contributed by atoms with Crippen LogP contribution in [0.15, 0.2) is 41.3 Å². The maximum absolute atomic E-state index is 12.4. The third-order valence-electron chi connectivity index (χ3n) is 3.35. The van der Waals surface area contributed by atoms with Crippen molar-refractivity contribution >= 4 is 17.5 Å². The summed E-state index contributed by atoms with van der Waals surface area (Å²) in [6, 6.07) is 12.5. The Morgan fingerprint density at radius 2 is 1.45 bits per heavy atom. The molecule has 0 heterocycles. The van der Waals surface area contributed by atoms with E-state index in [-0.39, 0.29) is 5.78 Å². The number of hydrogen-bond acceptors (Lipinski definition) is 2. The first-order valence-electron chi connectivity index (χ1n) is 6.78. The van der Waals surface area contributed by atoms with Crippen molar-refractivity contribution in [3.8, 4) is 0 Å². The molecule has 0 atom stereocenters. The van der Waals surface area contributed by atoms with Gasteiger partial charge < -0.3 is 0 Å². The average Bonchev–Trinajstić information content (AvgIpc) is 2.37. The fourth-order valence-corrected chi connectivity index (χ4v) is 3.25. The lowest BCUT2D eigenvalue weighted by Crippen LogP contribution is -2.07. The highest BCUT2D eigenvalue weighted by Gasteiger charge is 2.13. The van der Waals surface area contributed by atoms with E-state index in [1.165, 1.54) is 11.1 Å². The predicted molar refractivity (Wildman–Crippen MR) is 86.9 cm³/mol. The van der Waals surface area contributed by atoms with Crippen molar-refractivity contribution in [2.24, 2.45) is 0 Å². The number of carbonyl (C=O) groups excluding carboxylic acids is 1. The molecular weight excluding hydrogens is 264 g/mol. The summed E-state index contributed by atoms with van der Waals surface area (Å²) in [6.45, 7) is 8.17. The van der Waals surface area contributed by atoms with Crippen LogP contribution in [0.5, 0.6) is 0 Å². The monoisotopic (exact) mass is 284 g/mol. The molecule has 0 saturated heterocycles. The number of aryl methyl sites for hydroxylation is 4. The number of Topliss-reactive ketones (excluding diaryl/α,β-unsaturated/α-hetero) is 1. The lowest BCUT2D eigenvalue weighted by molar-refractivity contribution is 0.102. The summed E-state index contributed by atoms with van der Waals surface area (Å²) in [7, 11) is 0. The van der Waals surface area contributed by atoms with E-state index in [4.69, 9.17) is 0 Å². The van der Waals surface area contributed by atoms with Gasteiger partial charge in [-0.2, -0.15) is 0 Å². The van der Waals surface area contributed by atoms with Crippen LogP contribution in [0.4, 0.5) is 0 Å². The summed E-state index contributed by atoms with van der Waals surface area (Å²) in [5.41, 5.74) is 5.50. The van der Waals surface area contributed by atoms with Gasteiger partial charge in [0.15, 0.2) is 5.78 Å². The van der Waals surface area contributed by atoms with E-state index in [1.807, 2.05) is 13.8 Å². The van der Waals surface area contributed by atoms with Gasteiger partial charge in [0.05, 0.1) is 5.75 Å². The minimum absolute atomic E-state index is 0.213. The summed E-state index contributed by atoms with van der Waals surface area (Å²) in [6.07, 6.45) is 0. The highest BCUT2D eigenvalue weighted by Crippen LogP contribution is 2.23. The van der Waals surface area contributed by atoms with Crippen LogP contribution in [0.2, 0.25) is 0 Å². The second-order valence-corrected chi connectivity index (χ2v) is 6.35. The molecule has 0 spiro atoms. The largest absolute Gasteiger partial charge is 0.293 e.